The van der Waals surface area contributed by atoms with Crippen molar-refractivity contribution in [1.82, 2.24) is 9.80 Å². The quantitative estimate of drug-likeness (QED) is 0.724. The van der Waals surface area contributed by atoms with Crippen LogP contribution >= 0.6 is 0 Å². The molecule has 1 fully saturated rings. The van der Waals surface area contributed by atoms with E-state index in [1.165, 1.54) is 11.1 Å². The molecule has 1 amide bonds. The summed E-state index contributed by atoms with van der Waals surface area (Å²) in [5, 5.41) is 0. The van der Waals surface area contributed by atoms with E-state index in [1.54, 1.807) is 17.2 Å². The summed E-state index contributed by atoms with van der Waals surface area (Å²) < 4.78 is 29.4. The van der Waals surface area contributed by atoms with E-state index in [1.807, 2.05) is 13.1 Å². The zero-order valence-corrected chi connectivity index (χ0v) is 17.6. The van der Waals surface area contributed by atoms with Crippen LogP contribution in [-0.2, 0) is 27.6 Å². The monoisotopic (exact) mass is 416 g/mol. The fourth-order valence-electron chi connectivity index (χ4n) is 4.61. The average Bonchev–Trinajstić information content (AvgIpc) is 3.34. The number of hydrogen-bond acceptors (Lipinski definition) is 5. The van der Waals surface area contributed by atoms with E-state index in [4.69, 9.17) is 4.42 Å². The van der Waals surface area contributed by atoms with Gasteiger partial charge in [0.1, 0.15) is 5.76 Å². The van der Waals surface area contributed by atoms with Crippen LogP contribution in [0.15, 0.2) is 47.1 Å². The fraction of sp³-hybridized carbons (Fsp3) is 0.500. The highest BCUT2D eigenvalue weighted by Crippen LogP contribution is 2.33. The highest BCUT2D eigenvalue weighted by molar-refractivity contribution is 7.91. The van der Waals surface area contributed by atoms with Crippen molar-refractivity contribution in [2.75, 3.05) is 25.1 Å². The summed E-state index contributed by atoms with van der Waals surface area (Å²) in [6.45, 7) is 0.567. The molecule has 7 heteroatoms. The van der Waals surface area contributed by atoms with E-state index in [2.05, 4.69) is 29.2 Å². The highest BCUT2D eigenvalue weighted by Gasteiger charge is 2.36. The molecule has 0 N–H and O–H groups in total. The standard InChI is InChI=1S/C22H28N2O4S/c1-23(21-10-4-7-17-6-2-3-9-20(17)21)15-22(25)24(14-19-8-5-12-28-19)18-11-13-29(26,27)16-18/h2-3,5-6,8-9,12,18,21H,4,7,10-11,13-16H2,1H3/t18-,21-/m1/s1. The normalized spacial score (nSPS) is 23.1. The number of nitrogens with zero attached hydrogens (tertiary/aromatic N) is 2. The number of amides is 1. The van der Waals surface area contributed by atoms with Gasteiger partial charge in [0.15, 0.2) is 9.84 Å². The topological polar surface area (TPSA) is 70.8 Å². The molecule has 0 unspecified atom stereocenters. The van der Waals surface area contributed by atoms with Crippen LogP contribution in [-0.4, -0.2) is 55.3 Å². The smallest absolute Gasteiger partial charge is 0.237 e. The summed E-state index contributed by atoms with van der Waals surface area (Å²) in [6.07, 6.45) is 5.28. The predicted octanol–water partition coefficient (Wildman–Crippen LogP) is 2.80. The SMILES string of the molecule is CN(CC(=O)N(Cc1ccco1)[C@@H]1CCS(=O)(=O)C1)[C@@H]1CCCc2ccccc21. The van der Waals surface area contributed by atoms with Crippen molar-refractivity contribution in [2.24, 2.45) is 0 Å². The molecule has 156 valence electrons. The van der Waals surface area contributed by atoms with Crippen LogP contribution in [0.5, 0.6) is 0 Å². The number of furan rings is 1. The van der Waals surface area contributed by atoms with Crippen molar-refractivity contribution >= 4 is 15.7 Å². The second kappa shape index (κ2) is 8.32. The third kappa shape index (κ3) is 4.56. The molecule has 2 aliphatic rings. The second-order valence-corrected chi connectivity index (χ2v) is 10.4. The van der Waals surface area contributed by atoms with Crippen molar-refractivity contribution in [2.45, 2.75) is 44.3 Å². The van der Waals surface area contributed by atoms with Crippen LogP contribution in [0.4, 0.5) is 0 Å². The fourth-order valence-corrected chi connectivity index (χ4v) is 6.34. The van der Waals surface area contributed by atoms with Gasteiger partial charge in [-0.05, 0) is 56.0 Å². The van der Waals surface area contributed by atoms with E-state index >= 15 is 0 Å². The summed E-state index contributed by atoms with van der Waals surface area (Å²) in [6, 6.07) is 12.0. The molecule has 2 heterocycles. The minimum Gasteiger partial charge on any atom is -0.467 e. The Morgan fingerprint density at radius 3 is 2.72 bits per heavy atom. The second-order valence-electron chi connectivity index (χ2n) is 8.18. The van der Waals surface area contributed by atoms with Crippen molar-refractivity contribution in [3.63, 3.8) is 0 Å². The number of carbonyl (C=O) groups is 1. The molecule has 0 spiro atoms. The minimum absolute atomic E-state index is 0.0371. The van der Waals surface area contributed by atoms with Crippen LogP contribution < -0.4 is 0 Å². The number of rotatable bonds is 6. The number of likely N-dealkylation sites (N-methyl/N-ethyl adjacent to an activating group) is 1. The van der Waals surface area contributed by atoms with E-state index in [-0.39, 0.29) is 36.0 Å². The van der Waals surface area contributed by atoms with E-state index in [0.29, 0.717) is 18.7 Å². The Balaban J connectivity index is 1.50. The van der Waals surface area contributed by atoms with Gasteiger partial charge in [0, 0.05) is 12.1 Å². The number of sulfone groups is 1. The molecular formula is C22H28N2O4S. The Kier molecular flexibility index (Phi) is 5.79. The molecule has 0 radical (unpaired) electrons. The van der Waals surface area contributed by atoms with E-state index < -0.39 is 9.84 Å². The zero-order chi connectivity index (χ0) is 20.4. The molecule has 2 aromatic rings. The minimum atomic E-state index is -3.08. The van der Waals surface area contributed by atoms with Crippen molar-refractivity contribution in [3.05, 3.63) is 59.5 Å². The lowest BCUT2D eigenvalue weighted by Gasteiger charge is -2.35. The molecule has 4 rings (SSSR count). The summed E-state index contributed by atoms with van der Waals surface area (Å²) in [4.78, 5) is 17.1. The Morgan fingerprint density at radius 1 is 1.17 bits per heavy atom. The lowest BCUT2D eigenvalue weighted by molar-refractivity contribution is -0.135. The maximum atomic E-state index is 13.3. The molecule has 0 saturated carbocycles. The molecule has 0 bridgehead atoms. The predicted molar refractivity (Wildman–Crippen MR) is 111 cm³/mol. The van der Waals surface area contributed by atoms with Crippen molar-refractivity contribution < 1.29 is 17.6 Å². The molecule has 1 aliphatic carbocycles. The Labute approximate surface area is 172 Å². The number of carbonyl (C=O) groups excluding carboxylic acids is 1. The maximum Gasteiger partial charge on any atom is 0.237 e. The Bertz CT molecular complexity index is 955. The van der Waals surface area contributed by atoms with E-state index in [9.17, 15) is 13.2 Å². The average molecular weight is 417 g/mol. The first-order valence-electron chi connectivity index (χ1n) is 10.2. The van der Waals surface area contributed by atoms with Crippen LogP contribution in [0.1, 0.15) is 42.2 Å². The van der Waals surface area contributed by atoms with Crippen LogP contribution in [0.25, 0.3) is 0 Å². The van der Waals surface area contributed by atoms with Gasteiger partial charge in [-0.15, -0.1) is 0 Å². The summed E-state index contributed by atoms with van der Waals surface area (Å²) in [7, 11) is -1.09. The van der Waals surface area contributed by atoms with Crippen LogP contribution in [0.2, 0.25) is 0 Å². The van der Waals surface area contributed by atoms with Gasteiger partial charge in [0.2, 0.25) is 5.91 Å². The Morgan fingerprint density at radius 2 is 2.00 bits per heavy atom. The highest BCUT2D eigenvalue weighted by atomic mass is 32.2. The van der Waals surface area contributed by atoms with Crippen LogP contribution in [0.3, 0.4) is 0 Å². The first kappa shape index (κ1) is 20.2. The van der Waals surface area contributed by atoms with Gasteiger partial charge in [-0.1, -0.05) is 24.3 Å². The first-order valence-corrected chi connectivity index (χ1v) is 12.1. The zero-order valence-electron chi connectivity index (χ0n) is 16.8. The van der Waals surface area contributed by atoms with Crippen molar-refractivity contribution in [3.8, 4) is 0 Å². The molecule has 1 saturated heterocycles. The molecule has 29 heavy (non-hydrogen) atoms. The molecule has 2 atom stereocenters. The molecule has 1 aliphatic heterocycles. The number of fused-ring (bicyclic) bond motifs is 1. The van der Waals surface area contributed by atoms with E-state index in [0.717, 1.165) is 19.3 Å². The number of aryl methyl sites for hydroxylation is 1. The first-order chi connectivity index (χ1) is 13.9. The number of benzene rings is 1. The molecule has 1 aromatic heterocycles. The van der Waals surface area contributed by atoms with Gasteiger partial charge >= 0.3 is 0 Å². The summed E-state index contributed by atoms with van der Waals surface area (Å²) in [5.41, 5.74) is 2.66. The largest absolute Gasteiger partial charge is 0.467 e. The van der Waals surface area contributed by atoms with Gasteiger partial charge in [-0.3, -0.25) is 9.69 Å². The van der Waals surface area contributed by atoms with Gasteiger partial charge in [-0.25, -0.2) is 8.42 Å². The lowest BCUT2D eigenvalue weighted by atomic mass is 9.87. The number of hydrogen-bond donors (Lipinski definition) is 0. The van der Waals surface area contributed by atoms with Gasteiger partial charge in [0.05, 0.1) is 30.9 Å². The molecular weight excluding hydrogens is 388 g/mol. The van der Waals surface area contributed by atoms with Gasteiger partial charge in [-0.2, -0.15) is 0 Å². The third-order valence-electron chi connectivity index (χ3n) is 6.13. The van der Waals surface area contributed by atoms with Gasteiger partial charge < -0.3 is 9.32 Å². The van der Waals surface area contributed by atoms with Crippen LogP contribution in [0, 0.1) is 0 Å². The van der Waals surface area contributed by atoms with Gasteiger partial charge in [0.25, 0.3) is 0 Å². The molecule has 1 aromatic carbocycles. The lowest BCUT2D eigenvalue weighted by Crippen LogP contribution is -2.46. The maximum absolute atomic E-state index is 13.3. The third-order valence-corrected chi connectivity index (χ3v) is 7.88. The molecule has 6 nitrogen and oxygen atoms in total. The Hall–Kier alpha value is -2.12. The van der Waals surface area contributed by atoms with Crippen molar-refractivity contribution in [1.29, 1.82) is 0 Å². The summed E-state index contributed by atoms with van der Waals surface area (Å²) in [5.74, 6) is 0.809. The summed E-state index contributed by atoms with van der Waals surface area (Å²) >= 11 is 0.